The molecule has 1 fully saturated rings. The Bertz CT molecular complexity index is 1020. The highest BCUT2D eigenvalue weighted by atomic mass is 16.5. The second kappa shape index (κ2) is 11.4. The summed E-state index contributed by atoms with van der Waals surface area (Å²) in [7, 11) is 1.77. The molecule has 7 heteroatoms. The normalized spacial score (nSPS) is 18.9. The fraction of sp³-hybridized carbons (Fsp3) is 0.464. The quantitative estimate of drug-likeness (QED) is 0.505. The van der Waals surface area contributed by atoms with E-state index in [1.165, 1.54) is 22.3 Å². The van der Waals surface area contributed by atoms with E-state index >= 15 is 0 Å². The van der Waals surface area contributed by atoms with Crippen molar-refractivity contribution in [2.75, 3.05) is 20.2 Å². The van der Waals surface area contributed by atoms with Crippen molar-refractivity contribution in [1.82, 2.24) is 10.2 Å². The molecule has 0 aromatic heterocycles. The number of unbranched alkanes of at least 4 members (excludes halogenated alkanes) is 1. The molecule has 2 aliphatic carbocycles. The Morgan fingerprint density at radius 3 is 2.31 bits per heavy atom. The summed E-state index contributed by atoms with van der Waals surface area (Å²) in [6.07, 6.45) is 4.02. The van der Waals surface area contributed by atoms with Gasteiger partial charge in [-0.15, -0.1) is 0 Å². The number of nitrogens with one attached hydrogen (secondary N) is 1. The van der Waals surface area contributed by atoms with E-state index in [1.54, 1.807) is 11.9 Å². The first-order valence-corrected chi connectivity index (χ1v) is 12.5. The highest BCUT2D eigenvalue weighted by Crippen LogP contribution is 2.44. The summed E-state index contributed by atoms with van der Waals surface area (Å²) in [5.74, 6) is -0.858. The number of aliphatic carboxylic acids is 1. The van der Waals surface area contributed by atoms with Crippen molar-refractivity contribution >= 4 is 18.0 Å². The summed E-state index contributed by atoms with van der Waals surface area (Å²) in [5, 5.41) is 11.7. The molecule has 0 unspecified atom stereocenters. The topological polar surface area (TPSA) is 95.9 Å². The Balaban J connectivity index is 1.27. The van der Waals surface area contributed by atoms with Gasteiger partial charge in [-0.3, -0.25) is 9.59 Å². The van der Waals surface area contributed by atoms with Crippen LogP contribution in [0.3, 0.4) is 0 Å². The molecular formula is C28H34N2O5. The van der Waals surface area contributed by atoms with Crippen LogP contribution < -0.4 is 5.32 Å². The maximum Gasteiger partial charge on any atom is 0.407 e. The summed E-state index contributed by atoms with van der Waals surface area (Å²) in [6.45, 7) is 0.821. The van der Waals surface area contributed by atoms with Gasteiger partial charge in [-0.2, -0.15) is 0 Å². The number of benzene rings is 2. The van der Waals surface area contributed by atoms with Gasteiger partial charge in [0.25, 0.3) is 0 Å². The van der Waals surface area contributed by atoms with E-state index in [4.69, 9.17) is 9.84 Å². The molecule has 186 valence electrons. The van der Waals surface area contributed by atoms with Gasteiger partial charge < -0.3 is 20.1 Å². The second-order valence-electron chi connectivity index (χ2n) is 9.64. The minimum Gasteiger partial charge on any atom is -0.481 e. The van der Waals surface area contributed by atoms with Gasteiger partial charge in [0.1, 0.15) is 6.61 Å². The van der Waals surface area contributed by atoms with Crippen molar-refractivity contribution in [2.45, 2.75) is 56.9 Å². The number of carboxylic acids is 1. The molecule has 0 saturated heterocycles. The third kappa shape index (κ3) is 6.02. The molecule has 7 nitrogen and oxygen atoms in total. The zero-order chi connectivity index (χ0) is 24.8. The first-order valence-electron chi connectivity index (χ1n) is 12.5. The van der Waals surface area contributed by atoms with Crippen LogP contribution in [-0.4, -0.2) is 54.2 Å². The first kappa shape index (κ1) is 24.8. The van der Waals surface area contributed by atoms with Gasteiger partial charge >= 0.3 is 12.1 Å². The van der Waals surface area contributed by atoms with E-state index in [0.717, 1.165) is 19.3 Å². The Hall–Kier alpha value is -3.35. The number of hydrogen-bond acceptors (Lipinski definition) is 4. The van der Waals surface area contributed by atoms with Crippen molar-refractivity contribution in [3.05, 3.63) is 59.7 Å². The van der Waals surface area contributed by atoms with E-state index in [9.17, 15) is 14.4 Å². The lowest BCUT2D eigenvalue weighted by Crippen LogP contribution is -2.43. The van der Waals surface area contributed by atoms with E-state index in [0.29, 0.717) is 25.8 Å². The number of fused-ring (bicyclic) bond motifs is 3. The second-order valence-corrected chi connectivity index (χ2v) is 9.64. The highest BCUT2D eigenvalue weighted by Gasteiger charge is 2.32. The summed E-state index contributed by atoms with van der Waals surface area (Å²) in [4.78, 5) is 37.9. The van der Waals surface area contributed by atoms with Gasteiger partial charge in [-0.1, -0.05) is 55.0 Å². The van der Waals surface area contributed by atoms with Crippen LogP contribution in [-0.2, 0) is 14.3 Å². The van der Waals surface area contributed by atoms with Gasteiger partial charge in [0.05, 0.1) is 0 Å². The molecule has 35 heavy (non-hydrogen) atoms. The number of hydrogen-bond donors (Lipinski definition) is 2. The maximum atomic E-state index is 12.9. The maximum absolute atomic E-state index is 12.9. The van der Waals surface area contributed by atoms with Gasteiger partial charge in [-0.05, 0) is 54.4 Å². The Kier molecular flexibility index (Phi) is 8.06. The van der Waals surface area contributed by atoms with Crippen molar-refractivity contribution < 1.29 is 24.2 Å². The number of nitrogens with zero attached hydrogens (tertiary/aromatic N) is 1. The molecule has 0 aliphatic heterocycles. The first-order chi connectivity index (χ1) is 16.9. The van der Waals surface area contributed by atoms with Crippen molar-refractivity contribution in [3.8, 4) is 11.1 Å². The minimum absolute atomic E-state index is 0.0172. The Morgan fingerprint density at radius 1 is 1.00 bits per heavy atom. The Morgan fingerprint density at radius 2 is 1.66 bits per heavy atom. The summed E-state index contributed by atoms with van der Waals surface area (Å²) in [5.41, 5.74) is 4.74. The van der Waals surface area contributed by atoms with Crippen LogP contribution in [0.1, 0.15) is 62.0 Å². The number of carbonyl (C=O) groups excluding carboxylic acids is 2. The number of carbonyl (C=O) groups is 3. The third-order valence-corrected chi connectivity index (χ3v) is 7.20. The van der Waals surface area contributed by atoms with Crippen molar-refractivity contribution in [1.29, 1.82) is 0 Å². The summed E-state index contributed by atoms with van der Waals surface area (Å²) < 4.78 is 5.68. The molecule has 0 bridgehead atoms. The van der Waals surface area contributed by atoms with Crippen LogP contribution in [0.5, 0.6) is 0 Å². The number of ether oxygens (including phenoxy) is 1. The third-order valence-electron chi connectivity index (χ3n) is 7.20. The van der Waals surface area contributed by atoms with Crippen LogP contribution in [0.4, 0.5) is 4.79 Å². The number of amides is 2. The number of alkyl carbamates (subject to hydrolysis) is 1. The lowest BCUT2D eigenvalue weighted by molar-refractivity contribution is -0.137. The standard InChI is InChI=1S/C28H34N2O5/c1-30(16-7-6-15-26(31)32)27(33)19-9-8-10-20(17-19)29-28(34)35-18-25-23-13-4-2-11-21(23)22-12-3-5-14-24(22)25/h2-5,11-14,19-20,25H,6-10,15-18H2,1H3,(H,29,34)(H,31,32)/t19-,20+/m0/s1. The van der Waals surface area contributed by atoms with Crippen molar-refractivity contribution in [3.63, 3.8) is 0 Å². The summed E-state index contributed by atoms with van der Waals surface area (Å²) in [6, 6.07) is 16.4. The predicted octanol–water partition coefficient (Wildman–Crippen LogP) is 4.80. The molecule has 2 aromatic rings. The van der Waals surface area contributed by atoms with Crippen LogP contribution in [0.25, 0.3) is 11.1 Å². The molecule has 1 saturated carbocycles. The molecule has 4 rings (SSSR count). The minimum atomic E-state index is -0.812. The smallest absolute Gasteiger partial charge is 0.407 e. The molecule has 2 aliphatic rings. The zero-order valence-electron chi connectivity index (χ0n) is 20.2. The fourth-order valence-electron chi connectivity index (χ4n) is 5.40. The van der Waals surface area contributed by atoms with E-state index < -0.39 is 12.1 Å². The van der Waals surface area contributed by atoms with Gasteiger partial charge in [0.2, 0.25) is 5.91 Å². The number of rotatable bonds is 9. The fourth-order valence-corrected chi connectivity index (χ4v) is 5.40. The van der Waals surface area contributed by atoms with E-state index in [1.807, 2.05) is 24.3 Å². The SMILES string of the molecule is CN(CCCCC(=O)O)C(=O)[C@H]1CCC[C@@H](NC(=O)OCC2c3ccccc3-c3ccccc32)C1. The van der Waals surface area contributed by atoms with Crippen LogP contribution in [0.15, 0.2) is 48.5 Å². The Labute approximate surface area is 206 Å². The molecule has 2 amide bonds. The monoisotopic (exact) mass is 478 g/mol. The number of carboxylic acid groups (broad SMARTS) is 1. The molecule has 2 aromatic carbocycles. The lowest BCUT2D eigenvalue weighted by atomic mass is 9.85. The van der Waals surface area contributed by atoms with Crippen LogP contribution in [0.2, 0.25) is 0 Å². The molecule has 0 heterocycles. The van der Waals surface area contributed by atoms with Crippen LogP contribution >= 0.6 is 0 Å². The van der Waals surface area contributed by atoms with E-state index in [2.05, 4.69) is 29.6 Å². The molecule has 0 radical (unpaired) electrons. The predicted molar refractivity (Wildman–Crippen MR) is 133 cm³/mol. The molecule has 2 N–H and O–H groups in total. The largest absolute Gasteiger partial charge is 0.481 e. The van der Waals surface area contributed by atoms with Gasteiger partial charge in [0.15, 0.2) is 0 Å². The average Bonchev–Trinajstić information content (AvgIpc) is 3.18. The van der Waals surface area contributed by atoms with Gasteiger partial charge in [-0.25, -0.2) is 4.79 Å². The molecule has 2 atom stereocenters. The van der Waals surface area contributed by atoms with Gasteiger partial charge in [0, 0.05) is 37.9 Å². The lowest BCUT2D eigenvalue weighted by Gasteiger charge is -2.31. The van der Waals surface area contributed by atoms with Crippen LogP contribution in [0, 0.1) is 5.92 Å². The highest BCUT2D eigenvalue weighted by molar-refractivity contribution is 5.80. The molecular weight excluding hydrogens is 444 g/mol. The average molecular weight is 479 g/mol. The summed E-state index contributed by atoms with van der Waals surface area (Å²) >= 11 is 0. The molecule has 0 spiro atoms. The van der Waals surface area contributed by atoms with Crippen molar-refractivity contribution in [2.24, 2.45) is 5.92 Å². The van der Waals surface area contributed by atoms with E-state index in [-0.39, 0.29) is 36.8 Å². The zero-order valence-corrected chi connectivity index (χ0v) is 20.2.